The van der Waals surface area contributed by atoms with Crippen molar-refractivity contribution in [3.8, 4) is 0 Å². The van der Waals surface area contributed by atoms with E-state index in [2.05, 4.69) is 10.3 Å². The van der Waals surface area contributed by atoms with Gasteiger partial charge in [0.15, 0.2) is 0 Å². The van der Waals surface area contributed by atoms with Gasteiger partial charge in [-0.1, -0.05) is 13.8 Å². The molecule has 0 amide bonds. The van der Waals surface area contributed by atoms with Crippen molar-refractivity contribution >= 4 is 17.7 Å². The van der Waals surface area contributed by atoms with Gasteiger partial charge in [0.25, 0.3) is 0 Å². The molecule has 0 aliphatic carbocycles. The Balaban J connectivity index is 2.62. The first kappa shape index (κ1) is 16.8. The zero-order valence-electron chi connectivity index (χ0n) is 10.9. The highest BCUT2D eigenvalue weighted by atomic mass is 32.2. The lowest BCUT2D eigenvalue weighted by Gasteiger charge is -2.16. The van der Waals surface area contributed by atoms with Crippen molar-refractivity contribution in [2.45, 2.75) is 37.1 Å². The number of pyridine rings is 1. The molecule has 1 aromatic rings. The smallest absolute Gasteiger partial charge is 0.417 e. The van der Waals surface area contributed by atoms with Crippen LogP contribution in [-0.4, -0.2) is 33.9 Å². The van der Waals surface area contributed by atoms with Crippen LogP contribution in [0.5, 0.6) is 0 Å². The number of nitrogens with zero attached hydrogens (tertiary/aromatic N) is 1. The Morgan fingerprint density at radius 3 is 2.50 bits per heavy atom. The van der Waals surface area contributed by atoms with Gasteiger partial charge in [-0.25, -0.2) is 4.98 Å². The second-order valence-electron chi connectivity index (χ2n) is 4.41. The van der Waals surface area contributed by atoms with E-state index in [4.69, 9.17) is 5.11 Å². The number of carbonyl (C=O) groups is 1. The summed E-state index contributed by atoms with van der Waals surface area (Å²) in [6, 6.07) is 1.39. The Hall–Kier alpha value is -1.28. The van der Waals surface area contributed by atoms with Crippen molar-refractivity contribution in [3.63, 3.8) is 0 Å². The van der Waals surface area contributed by atoms with Crippen LogP contribution in [0, 0.1) is 0 Å². The van der Waals surface area contributed by atoms with Crippen LogP contribution in [0.25, 0.3) is 0 Å². The predicted molar refractivity (Wildman–Crippen MR) is 69.7 cm³/mol. The van der Waals surface area contributed by atoms with Crippen LogP contribution in [0.2, 0.25) is 0 Å². The molecule has 0 saturated carbocycles. The van der Waals surface area contributed by atoms with Gasteiger partial charge in [-0.15, -0.1) is 11.8 Å². The van der Waals surface area contributed by atoms with E-state index in [0.717, 1.165) is 24.0 Å². The lowest BCUT2D eigenvalue weighted by atomic mass is 10.3. The molecule has 0 saturated heterocycles. The molecule has 4 nitrogen and oxygen atoms in total. The SMILES string of the molecule is CC(C)NC(CSc1ccc(C(F)(F)F)cn1)C(=O)O. The number of carboxylic acid groups (broad SMARTS) is 1. The maximum absolute atomic E-state index is 12.3. The number of carboxylic acids is 1. The summed E-state index contributed by atoms with van der Waals surface area (Å²) >= 11 is 1.10. The molecule has 20 heavy (non-hydrogen) atoms. The molecular formula is C12H15F3N2O2S. The Morgan fingerprint density at radius 1 is 1.45 bits per heavy atom. The van der Waals surface area contributed by atoms with Gasteiger partial charge in [-0.05, 0) is 12.1 Å². The molecule has 0 radical (unpaired) electrons. The first-order valence-electron chi connectivity index (χ1n) is 5.85. The van der Waals surface area contributed by atoms with Gasteiger partial charge in [0.1, 0.15) is 6.04 Å². The minimum Gasteiger partial charge on any atom is -0.480 e. The maximum Gasteiger partial charge on any atom is 0.417 e. The number of halogens is 3. The van der Waals surface area contributed by atoms with E-state index in [-0.39, 0.29) is 11.8 Å². The van der Waals surface area contributed by atoms with Crippen LogP contribution >= 0.6 is 11.8 Å². The molecule has 112 valence electrons. The minimum absolute atomic E-state index is 0.00253. The predicted octanol–water partition coefficient (Wildman–Crippen LogP) is 2.64. The van der Waals surface area contributed by atoms with Crippen LogP contribution < -0.4 is 5.32 Å². The number of hydrogen-bond acceptors (Lipinski definition) is 4. The number of alkyl halides is 3. The molecule has 2 N–H and O–H groups in total. The number of thioether (sulfide) groups is 1. The van der Waals surface area contributed by atoms with Gasteiger partial charge in [0.05, 0.1) is 10.6 Å². The average Bonchev–Trinajstić information content (AvgIpc) is 2.33. The Morgan fingerprint density at radius 2 is 2.10 bits per heavy atom. The number of rotatable bonds is 6. The van der Waals surface area contributed by atoms with E-state index in [0.29, 0.717) is 5.03 Å². The molecular weight excluding hydrogens is 293 g/mol. The van der Waals surface area contributed by atoms with Crippen molar-refractivity contribution < 1.29 is 23.1 Å². The van der Waals surface area contributed by atoms with Crippen LogP contribution in [0.4, 0.5) is 13.2 Å². The summed E-state index contributed by atoms with van der Waals surface area (Å²) in [6.07, 6.45) is -3.67. The molecule has 0 aliphatic rings. The Bertz CT molecular complexity index is 449. The van der Waals surface area contributed by atoms with Crippen molar-refractivity contribution in [2.75, 3.05) is 5.75 Å². The van der Waals surface area contributed by atoms with Gasteiger partial charge in [-0.3, -0.25) is 4.79 Å². The molecule has 1 unspecified atom stereocenters. The van der Waals surface area contributed by atoms with Crippen LogP contribution in [-0.2, 0) is 11.0 Å². The number of aromatic nitrogens is 1. The van der Waals surface area contributed by atoms with E-state index in [1.807, 2.05) is 13.8 Å². The highest BCUT2D eigenvalue weighted by Gasteiger charge is 2.30. The molecule has 1 aromatic heterocycles. The monoisotopic (exact) mass is 308 g/mol. The molecule has 0 spiro atoms. The third kappa shape index (κ3) is 5.38. The number of hydrogen-bond donors (Lipinski definition) is 2. The third-order valence-corrected chi connectivity index (χ3v) is 3.33. The molecule has 0 bridgehead atoms. The maximum atomic E-state index is 12.3. The fourth-order valence-electron chi connectivity index (χ4n) is 1.40. The van der Waals surface area contributed by atoms with Crippen molar-refractivity contribution in [2.24, 2.45) is 0 Å². The van der Waals surface area contributed by atoms with Crippen molar-refractivity contribution in [1.82, 2.24) is 10.3 Å². The fourth-order valence-corrected chi connectivity index (χ4v) is 2.26. The van der Waals surface area contributed by atoms with Crippen molar-refractivity contribution in [3.05, 3.63) is 23.9 Å². The quantitative estimate of drug-likeness (QED) is 0.791. The molecule has 1 atom stereocenters. The highest BCUT2D eigenvalue weighted by molar-refractivity contribution is 7.99. The van der Waals surface area contributed by atoms with Gasteiger partial charge in [0, 0.05) is 18.0 Å². The summed E-state index contributed by atoms with van der Waals surface area (Å²) < 4.78 is 37.0. The largest absolute Gasteiger partial charge is 0.480 e. The summed E-state index contributed by atoms with van der Waals surface area (Å²) in [6.45, 7) is 3.63. The molecule has 0 aromatic carbocycles. The highest BCUT2D eigenvalue weighted by Crippen LogP contribution is 2.29. The minimum atomic E-state index is -4.42. The Kier molecular flexibility index (Phi) is 5.82. The number of nitrogens with one attached hydrogen (secondary N) is 1. The van der Waals surface area contributed by atoms with Crippen LogP contribution in [0.3, 0.4) is 0 Å². The zero-order chi connectivity index (χ0) is 15.3. The molecule has 1 rings (SSSR count). The van der Waals surface area contributed by atoms with E-state index in [1.165, 1.54) is 6.07 Å². The summed E-state index contributed by atoms with van der Waals surface area (Å²) in [5, 5.41) is 12.2. The van der Waals surface area contributed by atoms with E-state index >= 15 is 0 Å². The van der Waals surface area contributed by atoms with Crippen molar-refractivity contribution in [1.29, 1.82) is 0 Å². The van der Waals surface area contributed by atoms with Crippen LogP contribution in [0.1, 0.15) is 19.4 Å². The topological polar surface area (TPSA) is 62.2 Å². The van der Waals surface area contributed by atoms with Crippen LogP contribution in [0.15, 0.2) is 23.4 Å². The zero-order valence-corrected chi connectivity index (χ0v) is 11.8. The first-order chi connectivity index (χ1) is 9.20. The van der Waals surface area contributed by atoms with E-state index in [1.54, 1.807) is 0 Å². The van der Waals surface area contributed by atoms with Gasteiger partial charge in [0.2, 0.25) is 0 Å². The standard InChI is InChI=1S/C12H15F3N2O2S/c1-7(2)17-9(11(18)19)6-20-10-4-3-8(5-16-10)12(13,14)15/h3-5,7,9,17H,6H2,1-2H3,(H,18,19). The average molecular weight is 308 g/mol. The molecule has 1 heterocycles. The van der Waals surface area contributed by atoms with E-state index < -0.39 is 23.8 Å². The second-order valence-corrected chi connectivity index (χ2v) is 5.45. The fraction of sp³-hybridized carbons (Fsp3) is 0.500. The van der Waals surface area contributed by atoms with Gasteiger partial charge >= 0.3 is 12.1 Å². The lowest BCUT2D eigenvalue weighted by Crippen LogP contribution is -2.42. The second kappa shape index (κ2) is 6.94. The summed E-state index contributed by atoms with van der Waals surface area (Å²) in [5.41, 5.74) is -0.822. The number of aliphatic carboxylic acids is 1. The normalized spacial score (nSPS) is 13.5. The summed E-state index contributed by atoms with van der Waals surface area (Å²) in [4.78, 5) is 14.7. The first-order valence-corrected chi connectivity index (χ1v) is 6.83. The molecule has 0 aliphatic heterocycles. The van der Waals surface area contributed by atoms with Gasteiger partial charge < -0.3 is 10.4 Å². The third-order valence-electron chi connectivity index (χ3n) is 2.29. The Labute approximate surface area is 118 Å². The lowest BCUT2D eigenvalue weighted by molar-refractivity contribution is -0.139. The molecule has 0 fully saturated rings. The van der Waals surface area contributed by atoms with Gasteiger partial charge in [-0.2, -0.15) is 13.2 Å². The van der Waals surface area contributed by atoms with E-state index in [9.17, 15) is 18.0 Å². The summed E-state index contributed by atoms with van der Waals surface area (Å²) in [7, 11) is 0. The molecule has 8 heteroatoms. The summed E-state index contributed by atoms with van der Waals surface area (Å²) in [5.74, 6) is -0.815.